The van der Waals surface area contributed by atoms with E-state index in [0.717, 1.165) is 0 Å². The molecule has 24 nitrogen and oxygen atoms in total. The highest BCUT2D eigenvalue weighted by atomic mass is 31.2. The molecule has 0 saturated carbocycles. The molecule has 0 bridgehead atoms. The maximum absolute atomic E-state index is 10.1. The molecule has 0 aliphatic carbocycles. The fourth-order valence-electron chi connectivity index (χ4n) is 1.29. The highest BCUT2D eigenvalue weighted by molar-refractivity contribution is 7.32. The molecule has 6 heterocycles. The molecule has 0 saturated heterocycles. The summed E-state index contributed by atoms with van der Waals surface area (Å²) in [6.45, 7) is 0. The van der Waals surface area contributed by atoms with E-state index in [1.807, 2.05) is 0 Å². The summed E-state index contributed by atoms with van der Waals surface area (Å²) in [5.74, 6) is 0. The van der Waals surface area contributed by atoms with Gasteiger partial charge in [-0.1, -0.05) is 0 Å². The van der Waals surface area contributed by atoms with Crippen molar-refractivity contribution in [2.75, 3.05) is 0 Å². The van der Waals surface area contributed by atoms with E-state index < -0.39 is 50.0 Å². The van der Waals surface area contributed by atoms with E-state index >= 15 is 0 Å². The highest BCUT2D eigenvalue weighted by Crippen LogP contribution is 2.12. The molecule has 6 atom stereocenters. The quantitative estimate of drug-likeness (QED) is 0.0605. The summed E-state index contributed by atoms with van der Waals surface area (Å²) >= 11 is 0. The minimum atomic E-state index is -3.37. The second-order valence-corrected chi connectivity index (χ2v) is 8.64. The number of hydrogen-bond donors (Lipinski definition) is 12. The van der Waals surface area contributed by atoms with Gasteiger partial charge in [-0.15, -0.1) is 29.4 Å². The molecule has 0 aromatic carbocycles. The topological polar surface area (TPSA) is 396 Å². The van der Waals surface area contributed by atoms with Crippen LogP contribution in [0.4, 0.5) is 25.2 Å². The lowest BCUT2D eigenvalue weighted by atomic mass is 11.0. The Bertz CT molecular complexity index is 1100. The van der Waals surface area contributed by atoms with Gasteiger partial charge in [-0.2, -0.15) is 0 Å². The van der Waals surface area contributed by atoms with E-state index in [0.29, 0.717) is 0 Å². The number of H-pyrrole nitrogens is 6. The Morgan fingerprint density at radius 3 is 0.407 bits per heavy atom. The van der Waals surface area contributed by atoms with Crippen LogP contribution in [0.25, 0.3) is 0 Å². The lowest BCUT2D eigenvalue weighted by molar-refractivity contribution is 0.458. The van der Waals surface area contributed by atoms with Gasteiger partial charge in [-0.3, -0.25) is 0 Å². The first-order chi connectivity index (χ1) is 25.4. The summed E-state index contributed by atoms with van der Waals surface area (Å²) in [6, 6.07) is 0. The third kappa shape index (κ3) is 159. The van der Waals surface area contributed by atoms with Crippen LogP contribution in [0.1, 0.15) is 0 Å². The Morgan fingerprint density at radius 2 is 0.389 bits per heavy atom. The summed E-state index contributed by atoms with van der Waals surface area (Å²) in [7, 11) is -20.2. The van der Waals surface area contributed by atoms with Crippen LogP contribution < -0.4 is 0 Å². The molecule has 6 unspecified atom stereocenters. The number of nitrogens with one attached hydrogen (secondary N) is 6. The smallest absolute Gasteiger partial charge is 0.351 e. The van der Waals surface area contributed by atoms with Crippen LogP contribution in [0.15, 0.2) is 112 Å². The minimum Gasteiger partial charge on any atom is -0.351 e. The molecule has 54 heavy (non-hydrogen) atoms. The van der Waals surface area contributed by atoms with Crippen molar-refractivity contribution in [2.45, 2.75) is 0 Å². The zero-order valence-corrected chi connectivity index (χ0v) is 31.5. The number of hydrogen-bond acceptors (Lipinski definition) is 12. The largest absolute Gasteiger partial charge is 0.743 e. The van der Waals surface area contributed by atoms with E-state index in [9.17, 15) is 25.2 Å². The summed E-state index contributed by atoms with van der Waals surface area (Å²) in [5.41, 5.74) is 0. The van der Waals surface area contributed by atoms with Crippen LogP contribution in [-0.4, -0.2) is 89.2 Å². The molecule has 6 aromatic rings. The molecule has 0 amide bonds. The first-order valence-electron chi connectivity index (χ1n) is 11.9. The molecule has 0 aliphatic rings. The molecule has 6 rings (SSSR count). The maximum atomic E-state index is 10.1. The van der Waals surface area contributed by atoms with Gasteiger partial charge in [-0.25, -0.2) is 29.9 Å². The lowest BCUT2D eigenvalue weighted by Crippen LogP contribution is -1.44. The van der Waals surface area contributed by atoms with Crippen LogP contribution in [0, 0.1) is 0 Å². The van der Waals surface area contributed by atoms with Gasteiger partial charge >= 0.3 is 50.0 Å². The molecule has 12 N–H and O–H groups in total. The van der Waals surface area contributed by atoms with Crippen molar-refractivity contribution in [2.24, 2.45) is 0 Å². The van der Waals surface area contributed by atoms with Crippen molar-refractivity contribution in [1.29, 1.82) is 0 Å². The van der Waals surface area contributed by atoms with Gasteiger partial charge in [-0.05, 0) is 0 Å². The number of aromatic nitrogens is 12. The molecule has 0 fully saturated rings. The zero-order valence-electron chi connectivity index (χ0n) is 26.2. The second kappa shape index (κ2) is 57.5. The van der Waals surface area contributed by atoms with Crippen molar-refractivity contribution in [3.8, 4) is 0 Å². The van der Waals surface area contributed by atoms with E-state index in [1.165, 1.54) is 0 Å². The van der Waals surface area contributed by atoms with Crippen molar-refractivity contribution < 1.29 is 81.9 Å². The number of aromatic amines is 6. The Labute approximate surface area is 304 Å². The Hall–Kier alpha value is -4.80. The van der Waals surface area contributed by atoms with E-state index in [-0.39, 0.29) is 0 Å². The van der Waals surface area contributed by atoms with Crippen molar-refractivity contribution in [3.63, 3.8) is 0 Å². The first-order valence-corrected chi connectivity index (χ1v) is 18.5. The summed E-state index contributed by atoms with van der Waals surface area (Å²) < 4.78 is 111. The van der Waals surface area contributed by atoms with Crippen LogP contribution >= 0.6 is 50.0 Å². The van der Waals surface area contributed by atoms with Crippen LogP contribution in [0.2, 0.25) is 0 Å². The molecule has 0 aliphatic heterocycles. The second-order valence-electron chi connectivity index (χ2n) is 5.92. The summed E-state index contributed by atoms with van der Waals surface area (Å²) in [4.78, 5) is 79.9. The Morgan fingerprint density at radius 1 is 0.296 bits per heavy atom. The Balaban J connectivity index is -0.000000117. The van der Waals surface area contributed by atoms with Crippen molar-refractivity contribution in [3.05, 3.63) is 112 Å². The molecular formula is C18H30F6N12O12P6+6. The standard InChI is InChI=1S/6C3H4N2.6FO2P/c6*1-2-5-3-4-1;6*1-4(2)3/h6*1-3H,(H,4,5);;;;;;/p+6. The fraction of sp³-hybridized carbons (Fsp3) is 0. The van der Waals surface area contributed by atoms with Crippen LogP contribution in [-0.2, 0) is 27.4 Å². The highest BCUT2D eigenvalue weighted by Gasteiger charge is 2.01. The maximum Gasteiger partial charge on any atom is 0.743 e. The first kappa shape index (κ1) is 61.2. The van der Waals surface area contributed by atoms with Crippen LogP contribution in [0.5, 0.6) is 0 Å². The van der Waals surface area contributed by atoms with Gasteiger partial charge in [0.25, 0.3) is 0 Å². The van der Waals surface area contributed by atoms with Crippen molar-refractivity contribution in [1.82, 2.24) is 59.8 Å². The number of imidazole rings is 6. The lowest BCUT2D eigenvalue weighted by Gasteiger charge is -1.46. The molecule has 36 heteroatoms. The van der Waals surface area contributed by atoms with Gasteiger partial charge in [0.1, 0.15) is 0 Å². The summed E-state index contributed by atoms with van der Waals surface area (Å²) in [5, 5.41) is 0. The van der Waals surface area contributed by atoms with Gasteiger partial charge in [0.05, 0.1) is 63.1 Å². The average Bonchev–Trinajstić information content (AvgIpc) is 3.92. The molecule has 6 aromatic heterocycles. The molecule has 300 valence electrons. The minimum absolute atomic E-state index is 1.62. The zero-order chi connectivity index (χ0) is 42.7. The third-order valence-electron chi connectivity index (χ3n) is 2.44. The van der Waals surface area contributed by atoms with E-state index in [2.05, 4.69) is 59.8 Å². The molecule has 0 spiro atoms. The predicted molar refractivity (Wildman–Crippen MR) is 177 cm³/mol. The fourth-order valence-corrected chi connectivity index (χ4v) is 1.29. The number of halogens is 6. The van der Waals surface area contributed by atoms with Gasteiger partial charge in [0.15, 0.2) is 0 Å². The van der Waals surface area contributed by atoms with Gasteiger partial charge < -0.3 is 29.9 Å². The molecular weight excluding hydrogens is 876 g/mol. The van der Waals surface area contributed by atoms with Gasteiger partial charge in [0, 0.05) is 102 Å². The van der Waals surface area contributed by atoms with Crippen LogP contribution in [0.3, 0.4) is 0 Å². The van der Waals surface area contributed by atoms with Gasteiger partial charge in [0.2, 0.25) is 0 Å². The number of rotatable bonds is 0. The number of nitrogens with zero attached hydrogens (tertiary/aromatic N) is 6. The van der Waals surface area contributed by atoms with E-state index in [1.54, 1.807) is 112 Å². The predicted octanol–water partition coefficient (Wildman–Crippen LogP) is 6.09. The SMILES string of the molecule is O=[P+](O)F.O=[P+](O)F.O=[P+](O)F.O=[P+](O)F.O=[P+](O)F.O=[P+](O)F.c1c[nH]cn1.c1c[nH]cn1.c1c[nH]cn1.c1c[nH]cn1.c1c[nH]cn1.c1c[nH]cn1. The van der Waals surface area contributed by atoms with Crippen molar-refractivity contribution >= 4 is 50.0 Å². The Kier molecular flexibility index (Phi) is 65.3. The average molecular weight is 906 g/mol. The summed E-state index contributed by atoms with van der Waals surface area (Å²) in [6.07, 6.45) is 30.5. The monoisotopic (exact) mass is 906 g/mol. The molecule has 0 radical (unpaired) electrons. The third-order valence-corrected chi connectivity index (χ3v) is 2.44. The van der Waals surface area contributed by atoms with E-state index in [4.69, 9.17) is 56.8 Å². The normalized spacial score (nSPS) is 9.33.